The third-order valence-electron chi connectivity index (χ3n) is 2.84. The molecule has 3 atom stereocenters. The number of ether oxygens (including phenoxy) is 1. The predicted octanol–water partition coefficient (Wildman–Crippen LogP) is 0.923. The number of carbonyl (C=O) groups is 1. The second kappa shape index (κ2) is 3.90. The molecule has 3 nitrogen and oxygen atoms in total. The van der Waals surface area contributed by atoms with Crippen molar-refractivity contribution in [3.63, 3.8) is 0 Å². The third-order valence-corrected chi connectivity index (χ3v) is 2.84. The molecule has 70 valence electrons. The number of esters is 1. The molecule has 0 aliphatic heterocycles. The van der Waals surface area contributed by atoms with Crippen LogP contribution in [0.1, 0.15) is 26.2 Å². The Labute approximate surface area is 73.3 Å². The lowest BCUT2D eigenvalue weighted by Gasteiger charge is -2.20. The molecule has 3 heteroatoms. The summed E-state index contributed by atoms with van der Waals surface area (Å²) in [5.41, 5.74) is 5.86. The van der Waals surface area contributed by atoms with Crippen LogP contribution < -0.4 is 5.73 Å². The second-order valence-corrected chi connectivity index (χ2v) is 3.57. The van der Waals surface area contributed by atoms with Crippen molar-refractivity contribution >= 4 is 5.97 Å². The van der Waals surface area contributed by atoms with Gasteiger partial charge in [0.25, 0.3) is 0 Å². The summed E-state index contributed by atoms with van der Waals surface area (Å²) >= 11 is 0. The minimum Gasteiger partial charge on any atom is -0.469 e. The fourth-order valence-corrected chi connectivity index (χ4v) is 2.00. The zero-order valence-corrected chi connectivity index (χ0v) is 7.75. The predicted molar refractivity (Wildman–Crippen MR) is 46.5 cm³/mol. The van der Waals surface area contributed by atoms with E-state index in [2.05, 4.69) is 4.74 Å². The smallest absolute Gasteiger partial charge is 0.308 e. The van der Waals surface area contributed by atoms with Gasteiger partial charge in [0.05, 0.1) is 13.0 Å². The van der Waals surface area contributed by atoms with Crippen molar-refractivity contribution in [3.05, 3.63) is 0 Å². The van der Waals surface area contributed by atoms with Gasteiger partial charge < -0.3 is 10.5 Å². The van der Waals surface area contributed by atoms with E-state index in [9.17, 15) is 4.79 Å². The maximum absolute atomic E-state index is 11.2. The Kier molecular flexibility index (Phi) is 3.09. The van der Waals surface area contributed by atoms with Gasteiger partial charge in [0.1, 0.15) is 0 Å². The van der Waals surface area contributed by atoms with Crippen LogP contribution in [0, 0.1) is 11.8 Å². The SMILES string of the molecule is COC(=O)C(C)C1CCCC1N. The third kappa shape index (κ3) is 1.78. The lowest BCUT2D eigenvalue weighted by molar-refractivity contribution is -0.146. The van der Waals surface area contributed by atoms with Crippen LogP contribution in [0.3, 0.4) is 0 Å². The van der Waals surface area contributed by atoms with E-state index < -0.39 is 0 Å². The Hall–Kier alpha value is -0.570. The number of carbonyl (C=O) groups excluding carboxylic acids is 1. The Balaban J connectivity index is 2.51. The summed E-state index contributed by atoms with van der Waals surface area (Å²) in [6, 6.07) is 0.194. The summed E-state index contributed by atoms with van der Waals surface area (Å²) in [6.07, 6.45) is 3.26. The Bertz CT molecular complexity index is 170. The molecule has 0 aromatic rings. The topological polar surface area (TPSA) is 52.3 Å². The molecular formula is C9H17NO2. The van der Waals surface area contributed by atoms with Crippen LogP contribution in [0.5, 0.6) is 0 Å². The highest BCUT2D eigenvalue weighted by molar-refractivity contribution is 5.72. The standard InChI is InChI=1S/C9H17NO2/c1-6(9(11)12-2)7-4-3-5-8(7)10/h6-8H,3-5,10H2,1-2H3. The first-order chi connectivity index (χ1) is 5.66. The molecule has 1 aliphatic carbocycles. The minimum absolute atomic E-state index is 0.0347. The maximum Gasteiger partial charge on any atom is 0.308 e. The second-order valence-electron chi connectivity index (χ2n) is 3.57. The molecule has 0 aromatic carbocycles. The molecule has 0 saturated heterocycles. The molecule has 1 rings (SSSR count). The van der Waals surface area contributed by atoms with Gasteiger partial charge in [-0.3, -0.25) is 4.79 Å². The molecule has 1 fully saturated rings. The van der Waals surface area contributed by atoms with Crippen molar-refractivity contribution in [2.45, 2.75) is 32.2 Å². The van der Waals surface area contributed by atoms with Crippen molar-refractivity contribution in [2.24, 2.45) is 17.6 Å². The van der Waals surface area contributed by atoms with Gasteiger partial charge in [-0.2, -0.15) is 0 Å². The summed E-state index contributed by atoms with van der Waals surface area (Å²) in [6.45, 7) is 1.90. The Morgan fingerprint density at radius 1 is 1.58 bits per heavy atom. The van der Waals surface area contributed by atoms with Crippen LogP contribution in [0.2, 0.25) is 0 Å². The van der Waals surface area contributed by atoms with Gasteiger partial charge in [0, 0.05) is 6.04 Å². The number of nitrogens with two attached hydrogens (primary N) is 1. The van der Waals surface area contributed by atoms with Gasteiger partial charge in [0.2, 0.25) is 0 Å². The fourth-order valence-electron chi connectivity index (χ4n) is 2.00. The quantitative estimate of drug-likeness (QED) is 0.629. The Morgan fingerprint density at radius 3 is 2.67 bits per heavy atom. The van der Waals surface area contributed by atoms with Gasteiger partial charge in [-0.1, -0.05) is 13.3 Å². The monoisotopic (exact) mass is 171 g/mol. The largest absolute Gasteiger partial charge is 0.469 e. The summed E-state index contributed by atoms with van der Waals surface area (Å²) in [5.74, 6) is 0.169. The molecule has 0 amide bonds. The van der Waals surface area contributed by atoms with Crippen LogP contribution in [-0.2, 0) is 9.53 Å². The van der Waals surface area contributed by atoms with Crippen molar-refractivity contribution in [2.75, 3.05) is 7.11 Å². The van der Waals surface area contributed by atoms with Crippen molar-refractivity contribution in [1.29, 1.82) is 0 Å². The van der Waals surface area contributed by atoms with E-state index >= 15 is 0 Å². The first kappa shape index (κ1) is 9.52. The normalized spacial score (nSPS) is 31.6. The zero-order chi connectivity index (χ0) is 9.14. The average Bonchev–Trinajstić information content (AvgIpc) is 2.48. The molecule has 0 bridgehead atoms. The number of rotatable bonds is 2. The molecule has 3 unspecified atom stereocenters. The molecule has 2 N–H and O–H groups in total. The van der Waals surface area contributed by atoms with Gasteiger partial charge in [-0.15, -0.1) is 0 Å². The number of hydrogen-bond acceptors (Lipinski definition) is 3. The lowest BCUT2D eigenvalue weighted by Crippen LogP contribution is -2.33. The first-order valence-corrected chi connectivity index (χ1v) is 4.50. The van der Waals surface area contributed by atoms with E-state index in [0.29, 0.717) is 5.92 Å². The van der Waals surface area contributed by atoms with Crippen LogP contribution in [0.15, 0.2) is 0 Å². The maximum atomic E-state index is 11.2. The van der Waals surface area contributed by atoms with Crippen LogP contribution in [-0.4, -0.2) is 19.1 Å². The molecule has 0 aromatic heterocycles. The van der Waals surface area contributed by atoms with E-state index in [0.717, 1.165) is 19.3 Å². The van der Waals surface area contributed by atoms with Crippen LogP contribution in [0.25, 0.3) is 0 Å². The highest BCUT2D eigenvalue weighted by Crippen LogP contribution is 2.30. The van der Waals surface area contributed by atoms with Gasteiger partial charge in [-0.25, -0.2) is 0 Å². The zero-order valence-electron chi connectivity index (χ0n) is 7.75. The first-order valence-electron chi connectivity index (χ1n) is 4.50. The number of hydrogen-bond donors (Lipinski definition) is 1. The summed E-state index contributed by atoms with van der Waals surface area (Å²) in [5, 5.41) is 0. The van der Waals surface area contributed by atoms with Crippen molar-refractivity contribution < 1.29 is 9.53 Å². The van der Waals surface area contributed by atoms with Crippen molar-refractivity contribution in [1.82, 2.24) is 0 Å². The summed E-state index contributed by atoms with van der Waals surface area (Å²) in [7, 11) is 1.43. The van der Waals surface area contributed by atoms with E-state index in [-0.39, 0.29) is 17.9 Å². The van der Waals surface area contributed by atoms with E-state index in [1.54, 1.807) is 0 Å². The molecule has 0 radical (unpaired) electrons. The van der Waals surface area contributed by atoms with Gasteiger partial charge in [-0.05, 0) is 18.8 Å². The van der Waals surface area contributed by atoms with E-state index in [4.69, 9.17) is 5.73 Å². The average molecular weight is 171 g/mol. The molecule has 1 saturated carbocycles. The fraction of sp³-hybridized carbons (Fsp3) is 0.889. The lowest BCUT2D eigenvalue weighted by atomic mass is 9.90. The molecule has 0 heterocycles. The highest BCUT2D eigenvalue weighted by Gasteiger charge is 2.32. The molecule has 1 aliphatic rings. The molecular weight excluding hydrogens is 154 g/mol. The van der Waals surface area contributed by atoms with Crippen LogP contribution in [0.4, 0.5) is 0 Å². The van der Waals surface area contributed by atoms with Crippen molar-refractivity contribution in [3.8, 4) is 0 Å². The van der Waals surface area contributed by atoms with E-state index in [1.807, 2.05) is 6.92 Å². The Morgan fingerprint density at radius 2 is 2.25 bits per heavy atom. The van der Waals surface area contributed by atoms with Gasteiger partial charge in [0.15, 0.2) is 0 Å². The summed E-state index contributed by atoms with van der Waals surface area (Å²) in [4.78, 5) is 11.2. The van der Waals surface area contributed by atoms with Crippen LogP contribution >= 0.6 is 0 Å². The minimum atomic E-state index is -0.127. The molecule has 0 spiro atoms. The van der Waals surface area contributed by atoms with Gasteiger partial charge >= 0.3 is 5.97 Å². The summed E-state index contributed by atoms with van der Waals surface area (Å²) < 4.78 is 4.68. The number of methoxy groups -OCH3 is 1. The highest BCUT2D eigenvalue weighted by atomic mass is 16.5. The molecule has 12 heavy (non-hydrogen) atoms. The van der Waals surface area contributed by atoms with E-state index in [1.165, 1.54) is 7.11 Å².